The van der Waals surface area contributed by atoms with Crippen LogP contribution in [-0.4, -0.2) is 31.0 Å². The molecule has 1 aromatic heterocycles. The molecule has 0 spiro atoms. The molecule has 8 heteroatoms. The summed E-state index contributed by atoms with van der Waals surface area (Å²) in [5, 5.41) is 22.7. The minimum absolute atomic E-state index is 0.0166. The summed E-state index contributed by atoms with van der Waals surface area (Å²) in [6, 6.07) is 14.1. The molecule has 2 aromatic carbocycles. The zero-order chi connectivity index (χ0) is 25.0. The first-order valence-corrected chi connectivity index (χ1v) is 12.0. The number of aliphatic hydroxyl groups excluding tert-OH is 1. The summed E-state index contributed by atoms with van der Waals surface area (Å²) in [6.07, 6.45) is 1.93. The second-order valence-corrected chi connectivity index (χ2v) is 9.37. The maximum Gasteiger partial charge on any atom is 0.466 e. The molecular weight excluding hydrogens is 466 g/mol. The topological polar surface area (TPSA) is 86.4 Å². The molecule has 0 amide bonds. The number of allylic oxidation sites excluding steroid dienone is 1. The van der Waals surface area contributed by atoms with E-state index in [1.165, 1.54) is 11.6 Å². The van der Waals surface area contributed by atoms with Gasteiger partial charge in [-0.2, -0.15) is 0 Å². The fourth-order valence-electron chi connectivity index (χ4n) is 5.12. The number of Topliss-reactive ketones (excluding diaryl/α,β-unsaturated/α-hetero) is 1. The van der Waals surface area contributed by atoms with Crippen molar-refractivity contribution in [2.75, 3.05) is 0 Å². The number of aliphatic hydroxyl groups is 1. The lowest BCUT2D eigenvalue weighted by atomic mass is 9.81. The molecule has 0 saturated carbocycles. The first kappa shape index (κ1) is 23.1. The first-order chi connectivity index (χ1) is 16.8. The van der Waals surface area contributed by atoms with Gasteiger partial charge in [-0.05, 0) is 30.2 Å². The molecule has 1 aliphatic heterocycles. The highest BCUT2D eigenvalue weighted by molar-refractivity contribution is 6.30. The van der Waals surface area contributed by atoms with Gasteiger partial charge in [-0.1, -0.05) is 64.4 Å². The zero-order valence-corrected chi connectivity index (χ0v) is 20.5. The number of carbonyl (C=O) groups is 1. The van der Waals surface area contributed by atoms with Gasteiger partial charge in [-0.3, -0.25) is 9.59 Å². The minimum Gasteiger partial charge on any atom is -0.463 e. The lowest BCUT2D eigenvalue weighted by molar-refractivity contribution is -0.719. The minimum atomic E-state index is -0.710. The third-order valence-electron chi connectivity index (χ3n) is 6.85. The van der Waals surface area contributed by atoms with Gasteiger partial charge in [-0.15, -0.1) is 0 Å². The van der Waals surface area contributed by atoms with E-state index in [0.29, 0.717) is 45.2 Å². The summed E-state index contributed by atoms with van der Waals surface area (Å²) in [5.41, 5.74) is 2.74. The highest BCUT2D eigenvalue weighted by Crippen LogP contribution is 2.50. The molecule has 2 N–H and O–H groups in total. The molecule has 178 valence electrons. The predicted molar refractivity (Wildman–Crippen MR) is 133 cm³/mol. The van der Waals surface area contributed by atoms with E-state index in [2.05, 4.69) is 0 Å². The number of unbranched alkanes of at least 4 members (excludes halogenated alkanes) is 1. The van der Waals surface area contributed by atoms with Crippen molar-refractivity contribution in [1.29, 1.82) is 0 Å². The molecule has 1 aliphatic carbocycles. The number of hydrogen-bond acceptors (Lipinski definition) is 3. The number of carbonyl (C=O) groups excluding carboxylic acids is 1. The van der Waals surface area contributed by atoms with E-state index in [4.69, 9.17) is 11.6 Å². The quantitative estimate of drug-likeness (QED) is 0.425. The number of ketones is 1. The molecule has 3 aromatic rings. The Balaban J connectivity index is 1.97. The highest BCUT2D eigenvalue weighted by Gasteiger charge is 2.55. The lowest BCUT2D eigenvalue weighted by Gasteiger charge is -2.23. The molecule has 0 radical (unpaired) electrons. The molecule has 1 atom stereocenters. The van der Waals surface area contributed by atoms with Gasteiger partial charge in [0.1, 0.15) is 0 Å². The van der Waals surface area contributed by atoms with Crippen LogP contribution in [0, 0.1) is 0 Å². The fraction of sp³-hybridized carbons (Fsp3) is 0.259. The Morgan fingerprint density at radius 1 is 1.09 bits per heavy atom. The number of fused-ring (bicyclic) bond motifs is 3. The van der Waals surface area contributed by atoms with Crippen LogP contribution in [0.15, 0.2) is 58.9 Å². The van der Waals surface area contributed by atoms with E-state index in [1.54, 1.807) is 48.0 Å². The number of nitrogens with zero attached hydrogens (tertiary/aromatic N) is 3. The molecule has 1 unspecified atom stereocenters. The van der Waals surface area contributed by atoms with Gasteiger partial charge in [0.05, 0.1) is 23.5 Å². The first-order valence-electron chi connectivity index (χ1n) is 11.6. The third kappa shape index (κ3) is 3.33. The van der Waals surface area contributed by atoms with Gasteiger partial charge in [0.15, 0.2) is 18.4 Å². The van der Waals surface area contributed by atoms with Gasteiger partial charge in [0.25, 0.3) is 5.56 Å². The number of rotatable bonds is 4. The largest absolute Gasteiger partial charge is 0.466 e. The third-order valence-corrected chi connectivity index (χ3v) is 7.10. The van der Waals surface area contributed by atoms with E-state index < -0.39 is 11.5 Å². The van der Waals surface area contributed by atoms with Crippen LogP contribution < -0.4 is 10.1 Å². The summed E-state index contributed by atoms with van der Waals surface area (Å²) in [5.74, 6) is -0.546. The van der Waals surface area contributed by atoms with E-state index in [0.717, 1.165) is 23.0 Å². The van der Waals surface area contributed by atoms with Crippen LogP contribution in [0.25, 0.3) is 5.70 Å². The maximum atomic E-state index is 13.9. The van der Waals surface area contributed by atoms with Crippen molar-refractivity contribution in [2.24, 2.45) is 14.1 Å². The molecule has 0 saturated heterocycles. The Morgan fingerprint density at radius 2 is 1.74 bits per heavy atom. The van der Waals surface area contributed by atoms with Crippen molar-refractivity contribution in [3.8, 4) is 6.01 Å². The Hall–Kier alpha value is -3.71. The Kier molecular flexibility index (Phi) is 5.60. The average molecular weight is 492 g/mol. The number of aromatic nitrogens is 2. The average Bonchev–Trinajstić information content (AvgIpc) is 3.16. The SMILES string of the molecule is CCCC/C(O)=[N+]1\C2=C(C(=O)c3ccccc32)C(c2ccc(Cl)cc2)c2c1[n+](C)c(O)n(C)c2=O. The van der Waals surface area contributed by atoms with Crippen LogP contribution in [0.4, 0.5) is 5.82 Å². The number of benzene rings is 2. The second-order valence-electron chi connectivity index (χ2n) is 8.94. The smallest absolute Gasteiger partial charge is 0.463 e. The van der Waals surface area contributed by atoms with Crippen LogP contribution in [0.3, 0.4) is 0 Å². The van der Waals surface area contributed by atoms with Gasteiger partial charge < -0.3 is 10.2 Å². The molecule has 2 heterocycles. The van der Waals surface area contributed by atoms with Crippen molar-refractivity contribution < 1.29 is 24.2 Å². The highest BCUT2D eigenvalue weighted by atomic mass is 35.5. The van der Waals surface area contributed by atoms with Crippen LogP contribution in [-0.2, 0) is 14.1 Å². The lowest BCUT2D eigenvalue weighted by Crippen LogP contribution is -2.46. The normalized spacial score (nSPS) is 17.8. The van der Waals surface area contributed by atoms with Gasteiger partial charge in [0.2, 0.25) is 5.70 Å². The van der Waals surface area contributed by atoms with E-state index in [-0.39, 0.29) is 17.7 Å². The molecule has 2 aliphatic rings. The summed E-state index contributed by atoms with van der Waals surface area (Å²) in [6.45, 7) is 2.02. The summed E-state index contributed by atoms with van der Waals surface area (Å²) >= 11 is 6.15. The Morgan fingerprint density at radius 3 is 2.40 bits per heavy atom. The van der Waals surface area contributed by atoms with Crippen molar-refractivity contribution in [3.63, 3.8) is 0 Å². The van der Waals surface area contributed by atoms with E-state index in [1.807, 2.05) is 19.1 Å². The Bertz CT molecular complexity index is 1520. The van der Waals surface area contributed by atoms with E-state index >= 15 is 0 Å². The van der Waals surface area contributed by atoms with Gasteiger partial charge in [0, 0.05) is 17.6 Å². The standard InChI is InChI=1S/C27H24ClN3O4/c1-4-5-10-19(32)31-23-17-8-6-7-9-18(17)24(33)21(23)20(15-11-13-16(28)14-12-15)22-25(31)29(2)27(35)30(3)26(22)34/h6-9,11-14,20H,4-5,10H2,1-3H3/p+2. The molecule has 7 nitrogen and oxygen atoms in total. The second kappa shape index (κ2) is 8.50. The Labute approximate surface area is 207 Å². The van der Waals surface area contributed by atoms with Crippen LogP contribution in [0.5, 0.6) is 6.01 Å². The monoisotopic (exact) mass is 491 g/mol. The number of halogens is 1. The van der Waals surface area contributed by atoms with Crippen LogP contribution >= 0.6 is 11.6 Å². The van der Waals surface area contributed by atoms with Crippen molar-refractivity contribution in [2.45, 2.75) is 32.1 Å². The van der Waals surface area contributed by atoms with Gasteiger partial charge in [-0.25, -0.2) is 4.57 Å². The van der Waals surface area contributed by atoms with Crippen LogP contribution in [0.1, 0.15) is 59.2 Å². The van der Waals surface area contributed by atoms with E-state index in [9.17, 15) is 19.8 Å². The van der Waals surface area contributed by atoms with Gasteiger partial charge >= 0.3 is 17.7 Å². The molecular formula is C27H26ClN3O4+2. The molecule has 0 bridgehead atoms. The van der Waals surface area contributed by atoms with Crippen LogP contribution in [0.2, 0.25) is 5.02 Å². The zero-order valence-electron chi connectivity index (χ0n) is 19.7. The van der Waals surface area contributed by atoms with Crippen molar-refractivity contribution in [3.05, 3.63) is 91.7 Å². The number of hydrogen-bond donors (Lipinski definition) is 2. The molecule has 0 fully saturated rings. The summed E-state index contributed by atoms with van der Waals surface area (Å²) < 4.78 is 4.22. The summed E-state index contributed by atoms with van der Waals surface area (Å²) in [7, 11) is 3.12. The number of aromatic hydroxyl groups is 1. The maximum absolute atomic E-state index is 13.9. The molecule has 5 rings (SSSR count). The summed E-state index contributed by atoms with van der Waals surface area (Å²) in [4.78, 5) is 27.6. The fourth-order valence-corrected chi connectivity index (χ4v) is 5.25. The van der Waals surface area contributed by atoms with Crippen molar-refractivity contribution >= 4 is 34.8 Å². The predicted octanol–water partition coefficient (Wildman–Crippen LogP) is 4.11. The van der Waals surface area contributed by atoms with Crippen molar-refractivity contribution in [1.82, 2.24) is 4.57 Å². The molecule has 35 heavy (non-hydrogen) atoms.